The second-order valence-corrected chi connectivity index (χ2v) is 5.69. The molecule has 1 aliphatic heterocycles. The Morgan fingerprint density at radius 2 is 1.95 bits per heavy atom. The lowest BCUT2D eigenvalue weighted by molar-refractivity contribution is -0.138. The van der Waals surface area contributed by atoms with Crippen molar-refractivity contribution in [3.8, 4) is 0 Å². The Bertz CT molecular complexity index is 543. The number of benzene rings is 1. The van der Waals surface area contributed by atoms with Crippen LogP contribution in [0.25, 0.3) is 0 Å². The van der Waals surface area contributed by atoms with Crippen molar-refractivity contribution in [2.75, 3.05) is 13.1 Å². The van der Waals surface area contributed by atoms with E-state index in [2.05, 4.69) is 0 Å². The van der Waals surface area contributed by atoms with E-state index in [1.54, 1.807) is 0 Å². The average molecular weight is 405 g/mol. The van der Waals surface area contributed by atoms with E-state index in [1.165, 1.54) is 22.6 Å². The third-order valence-corrected chi connectivity index (χ3v) is 3.87. The minimum Gasteiger partial charge on any atom is -0.332 e. The predicted octanol–water partition coefficient (Wildman–Crippen LogP) is 3.79. The Morgan fingerprint density at radius 1 is 1.30 bits per heavy atom. The van der Waals surface area contributed by atoms with E-state index < -0.39 is 36.5 Å². The summed E-state index contributed by atoms with van der Waals surface area (Å²) >= 11 is 1.48. The molecule has 0 bridgehead atoms. The molecule has 1 aromatic carbocycles. The summed E-state index contributed by atoms with van der Waals surface area (Å²) in [6.07, 6.45) is -4.92. The molecule has 2 rings (SSSR count). The van der Waals surface area contributed by atoms with Crippen LogP contribution < -0.4 is 0 Å². The van der Waals surface area contributed by atoms with Gasteiger partial charge in [0, 0.05) is 22.1 Å². The van der Waals surface area contributed by atoms with E-state index in [0.29, 0.717) is 0 Å². The van der Waals surface area contributed by atoms with Crippen LogP contribution in [0.4, 0.5) is 22.0 Å². The normalized spacial score (nSPS) is 18.4. The number of nitrogens with zero attached hydrogens (tertiary/aromatic N) is 1. The summed E-state index contributed by atoms with van der Waals surface area (Å²) in [4.78, 5) is 12.9. The van der Waals surface area contributed by atoms with E-state index in [9.17, 15) is 26.7 Å². The summed E-state index contributed by atoms with van der Waals surface area (Å²) in [5.74, 6) is -3.59. The molecule has 0 saturated carbocycles. The smallest absolute Gasteiger partial charge is 0.332 e. The highest BCUT2D eigenvalue weighted by Crippen LogP contribution is 2.34. The molecule has 0 N–H and O–H groups in total. The predicted molar refractivity (Wildman–Crippen MR) is 69.6 cm³/mol. The van der Waals surface area contributed by atoms with E-state index in [-0.39, 0.29) is 15.7 Å². The Morgan fingerprint density at radius 3 is 2.40 bits per heavy atom. The highest BCUT2D eigenvalue weighted by atomic mass is 127. The number of carbonyl (C=O) groups excluding carboxylic acids is 1. The fraction of sp³-hybridized carbons (Fsp3) is 0.417. The van der Waals surface area contributed by atoms with E-state index >= 15 is 0 Å². The maximum absolute atomic E-state index is 13.0. The summed E-state index contributed by atoms with van der Waals surface area (Å²) < 4.78 is 63.7. The quantitative estimate of drug-likeness (QED) is 0.515. The lowest BCUT2D eigenvalue weighted by Crippen LogP contribution is -2.31. The molecular weight excluding hydrogens is 396 g/mol. The molecular formula is C12H9F5INO. The van der Waals surface area contributed by atoms with Crippen molar-refractivity contribution < 1.29 is 26.7 Å². The maximum Gasteiger partial charge on any atom is 0.417 e. The fourth-order valence-electron chi connectivity index (χ4n) is 1.97. The molecule has 1 saturated heterocycles. The molecule has 0 radical (unpaired) electrons. The van der Waals surface area contributed by atoms with Crippen molar-refractivity contribution in [3.63, 3.8) is 0 Å². The Hall–Kier alpha value is -0.930. The molecule has 0 aromatic heterocycles. The van der Waals surface area contributed by atoms with Crippen LogP contribution in [-0.4, -0.2) is 29.8 Å². The van der Waals surface area contributed by atoms with Crippen LogP contribution in [0.5, 0.6) is 0 Å². The number of hydrogen-bond acceptors (Lipinski definition) is 1. The molecule has 1 heterocycles. The number of amides is 1. The first-order valence-electron chi connectivity index (χ1n) is 5.64. The topological polar surface area (TPSA) is 20.3 Å². The monoisotopic (exact) mass is 405 g/mol. The molecule has 0 spiro atoms. The van der Waals surface area contributed by atoms with Crippen LogP contribution in [-0.2, 0) is 6.18 Å². The number of rotatable bonds is 1. The molecule has 110 valence electrons. The van der Waals surface area contributed by atoms with Gasteiger partial charge >= 0.3 is 6.18 Å². The molecule has 8 heteroatoms. The van der Waals surface area contributed by atoms with Gasteiger partial charge in [0.1, 0.15) is 0 Å². The standard InChI is InChI=1S/C12H9F5INO/c13-11(14)3-4-19(6-11)10(20)7-1-2-8(9(18)5-7)12(15,16)17/h1-2,5H,3-4,6H2. The van der Waals surface area contributed by atoms with E-state index in [4.69, 9.17) is 0 Å². The zero-order chi connectivity index (χ0) is 15.1. The lowest BCUT2D eigenvalue weighted by Gasteiger charge is -2.17. The molecule has 20 heavy (non-hydrogen) atoms. The van der Waals surface area contributed by atoms with Crippen LogP contribution in [0.1, 0.15) is 22.3 Å². The van der Waals surface area contributed by atoms with Gasteiger partial charge in [0.25, 0.3) is 11.8 Å². The molecule has 1 aromatic rings. The van der Waals surface area contributed by atoms with Gasteiger partial charge in [-0.25, -0.2) is 8.78 Å². The minimum absolute atomic E-state index is 0.0138. The third kappa shape index (κ3) is 3.21. The maximum atomic E-state index is 13.0. The molecule has 2 nitrogen and oxygen atoms in total. The second-order valence-electron chi connectivity index (χ2n) is 4.53. The molecule has 0 aliphatic carbocycles. The summed E-state index contributed by atoms with van der Waals surface area (Å²) in [5, 5.41) is 0. The Balaban J connectivity index is 2.22. The van der Waals surface area contributed by atoms with Crippen molar-refractivity contribution >= 4 is 28.5 Å². The van der Waals surface area contributed by atoms with Gasteiger partial charge < -0.3 is 4.90 Å². The van der Waals surface area contributed by atoms with Crippen LogP contribution in [0.3, 0.4) is 0 Å². The van der Waals surface area contributed by atoms with Gasteiger partial charge in [0.2, 0.25) is 0 Å². The highest BCUT2D eigenvalue weighted by Gasteiger charge is 2.40. The lowest BCUT2D eigenvalue weighted by atomic mass is 10.1. The van der Waals surface area contributed by atoms with Gasteiger partial charge in [-0.15, -0.1) is 0 Å². The minimum atomic E-state index is -4.50. The average Bonchev–Trinajstić information content (AvgIpc) is 2.67. The molecule has 1 fully saturated rings. The fourth-order valence-corrected chi connectivity index (χ4v) is 2.79. The zero-order valence-corrected chi connectivity index (χ0v) is 12.1. The van der Waals surface area contributed by atoms with E-state index in [0.717, 1.165) is 23.1 Å². The van der Waals surface area contributed by atoms with Crippen molar-refractivity contribution in [2.24, 2.45) is 0 Å². The third-order valence-electron chi connectivity index (χ3n) is 2.98. The van der Waals surface area contributed by atoms with Gasteiger partial charge in [0.05, 0.1) is 12.1 Å². The van der Waals surface area contributed by atoms with Gasteiger partial charge in [-0.3, -0.25) is 4.79 Å². The Kier molecular flexibility index (Phi) is 3.96. The first-order valence-corrected chi connectivity index (χ1v) is 6.72. The zero-order valence-electron chi connectivity index (χ0n) is 9.98. The summed E-state index contributed by atoms with van der Waals surface area (Å²) in [7, 11) is 0. The van der Waals surface area contributed by atoms with Gasteiger partial charge in [-0.1, -0.05) is 0 Å². The first-order chi connectivity index (χ1) is 9.10. The van der Waals surface area contributed by atoms with Gasteiger partial charge in [-0.2, -0.15) is 13.2 Å². The van der Waals surface area contributed by atoms with Gasteiger partial charge in [0.15, 0.2) is 0 Å². The number of carbonyl (C=O) groups is 1. The second kappa shape index (κ2) is 5.12. The van der Waals surface area contributed by atoms with Crippen molar-refractivity contribution in [1.29, 1.82) is 0 Å². The Labute approximate surface area is 125 Å². The van der Waals surface area contributed by atoms with Gasteiger partial charge in [-0.05, 0) is 40.8 Å². The number of halogens is 6. The number of hydrogen-bond donors (Lipinski definition) is 0. The number of likely N-dealkylation sites (tertiary alicyclic amines) is 1. The van der Waals surface area contributed by atoms with Crippen molar-refractivity contribution in [1.82, 2.24) is 4.90 Å². The SMILES string of the molecule is O=C(c1ccc(C(F)(F)F)c(I)c1)N1CCC(F)(F)C1. The highest BCUT2D eigenvalue weighted by molar-refractivity contribution is 14.1. The summed E-state index contributed by atoms with van der Waals surface area (Å²) in [6, 6.07) is 2.88. The van der Waals surface area contributed by atoms with E-state index in [1.807, 2.05) is 0 Å². The first kappa shape index (κ1) is 15.5. The van der Waals surface area contributed by atoms with Crippen LogP contribution in [0, 0.1) is 3.57 Å². The van der Waals surface area contributed by atoms with Crippen LogP contribution in [0.15, 0.2) is 18.2 Å². The molecule has 0 unspecified atom stereocenters. The van der Waals surface area contributed by atoms with Crippen LogP contribution >= 0.6 is 22.6 Å². The molecule has 1 amide bonds. The summed E-state index contributed by atoms with van der Waals surface area (Å²) in [5.41, 5.74) is -0.860. The van der Waals surface area contributed by atoms with Crippen LogP contribution in [0.2, 0.25) is 0 Å². The summed E-state index contributed by atoms with van der Waals surface area (Å²) in [6.45, 7) is -0.785. The molecule has 0 atom stereocenters. The number of alkyl halides is 5. The molecule has 1 aliphatic rings. The largest absolute Gasteiger partial charge is 0.417 e. The van der Waals surface area contributed by atoms with Crippen molar-refractivity contribution in [2.45, 2.75) is 18.5 Å². The van der Waals surface area contributed by atoms with Crippen molar-refractivity contribution in [3.05, 3.63) is 32.9 Å².